The Morgan fingerprint density at radius 3 is 2.67 bits per heavy atom. The fourth-order valence-electron chi connectivity index (χ4n) is 1.67. The smallest absolute Gasteiger partial charge is 0.141 e. The molecule has 0 saturated carbocycles. The molecule has 0 saturated heterocycles. The normalized spacial score (nSPS) is 12.7. The van der Waals surface area contributed by atoms with Crippen LogP contribution in [-0.2, 0) is 0 Å². The fraction of sp³-hybridized carbons (Fsp3) is 0.250. The molecule has 96 valence electrons. The van der Waals surface area contributed by atoms with Crippen LogP contribution in [0.1, 0.15) is 24.4 Å². The van der Waals surface area contributed by atoms with Crippen LogP contribution in [0.25, 0.3) is 0 Å². The van der Waals surface area contributed by atoms with Gasteiger partial charge >= 0.3 is 0 Å². The van der Waals surface area contributed by atoms with Gasteiger partial charge in [0.2, 0.25) is 0 Å². The Labute approximate surface area is 131 Å². The number of nitrogens with one attached hydrogen (secondary N) is 1. The Morgan fingerprint density at radius 2 is 2.11 bits per heavy atom. The van der Waals surface area contributed by atoms with Gasteiger partial charge in [0.1, 0.15) is 11.8 Å². The molecule has 2 aromatic heterocycles. The minimum absolute atomic E-state index is 0.0816. The highest BCUT2D eigenvalue weighted by Gasteiger charge is 2.22. The molecule has 0 amide bonds. The Bertz CT molecular complexity index is 542. The number of hydrogen-bond donors (Lipinski definition) is 1. The number of rotatable bonds is 4. The molecule has 0 bridgehead atoms. The van der Waals surface area contributed by atoms with Crippen LogP contribution in [0.4, 0.5) is 0 Å². The lowest BCUT2D eigenvalue weighted by Gasteiger charge is -2.17. The molecular weight excluding hydrogens is 428 g/mol. The molecule has 18 heavy (non-hydrogen) atoms. The molecule has 2 heterocycles. The summed E-state index contributed by atoms with van der Waals surface area (Å²) < 4.78 is 8.35. The van der Waals surface area contributed by atoms with E-state index in [-0.39, 0.29) is 6.04 Å². The highest BCUT2D eigenvalue weighted by Crippen LogP contribution is 2.33. The van der Waals surface area contributed by atoms with Crippen molar-refractivity contribution in [3.63, 3.8) is 0 Å². The van der Waals surface area contributed by atoms with Gasteiger partial charge in [-0.2, -0.15) is 0 Å². The van der Waals surface area contributed by atoms with E-state index in [0.29, 0.717) is 0 Å². The molecule has 2 rings (SSSR count). The number of pyridine rings is 1. The maximum absolute atomic E-state index is 5.54. The lowest BCUT2D eigenvalue weighted by molar-refractivity contribution is 0.444. The summed E-state index contributed by atoms with van der Waals surface area (Å²) in [6.07, 6.45) is 3.44. The van der Waals surface area contributed by atoms with Gasteiger partial charge in [-0.15, -0.1) is 0 Å². The summed E-state index contributed by atoms with van der Waals surface area (Å²) in [6.45, 7) is 2.87. The van der Waals surface area contributed by atoms with E-state index in [9.17, 15) is 0 Å². The number of halogens is 3. The third-order valence-electron chi connectivity index (χ3n) is 2.42. The molecule has 0 aliphatic carbocycles. The lowest BCUT2D eigenvalue weighted by Crippen LogP contribution is -2.23. The van der Waals surface area contributed by atoms with Crippen LogP contribution in [0.3, 0.4) is 0 Å². The molecule has 1 atom stereocenters. The van der Waals surface area contributed by atoms with E-state index in [0.717, 1.165) is 31.4 Å². The second-order valence-electron chi connectivity index (χ2n) is 3.64. The van der Waals surface area contributed by atoms with E-state index in [1.54, 1.807) is 12.5 Å². The largest absolute Gasteiger partial charge is 0.466 e. The van der Waals surface area contributed by atoms with Gasteiger partial charge in [0.15, 0.2) is 0 Å². The lowest BCUT2D eigenvalue weighted by atomic mass is 10.1. The van der Waals surface area contributed by atoms with Crippen LogP contribution >= 0.6 is 47.8 Å². The van der Waals surface area contributed by atoms with Crippen molar-refractivity contribution in [2.45, 2.75) is 13.0 Å². The third kappa shape index (κ3) is 3.04. The number of hydrogen-bond acceptors (Lipinski definition) is 3. The molecule has 0 radical (unpaired) electrons. The molecule has 0 aromatic carbocycles. The van der Waals surface area contributed by atoms with Gasteiger partial charge in [-0.05, 0) is 66.5 Å². The van der Waals surface area contributed by atoms with Crippen LogP contribution in [0.2, 0.25) is 0 Å². The Hall–Kier alpha value is -0.170. The molecule has 0 spiro atoms. The molecule has 2 aromatic rings. The minimum atomic E-state index is -0.0816. The van der Waals surface area contributed by atoms with E-state index in [4.69, 9.17) is 4.42 Å². The van der Waals surface area contributed by atoms with Crippen molar-refractivity contribution < 1.29 is 4.42 Å². The molecule has 3 nitrogen and oxygen atoms in total. The number of aromatic nitrogens is 1. The Balaban J connectivity index is 2.45. The average molecular weight is 439 g/mol. The van der Waals surface area contributed by atoms with Crippen molar-refractivity contribution in [2.75, 3.05) is 6.54 Å². The van der Waals surface area contributed by atoms with E-state index >= 15 is 0 Å². The molecule has 1 N–H and O–H groups in total. The van der Waals surface area contributed by atoms with Crippen molar-refractivity contribution in [1.29, 1.82) is 0 Å². The Morgan fingerprint density at radius 1 is 1.33 bits per heavy atom. The monoisotopic (exact) mass is 436 g/mol. The van der Waals surface area contributed by atoms with Gasteiger partial charge in [-0.1, -0.05) is 6.92 Å². The summed E-state index contributed by atoms with van der Waals surface area (Å²) in [4.78, 5) is 4.46. The zero-order valence-electron chi connectivity index (χ0n) is 9.58. The van der Waals surface area contributed by atoms with Gasteiger partial charge in [0.05, 0.1) is 16.4 Å². The zero-order chi connectivity index (χ0) is 13.1. The van der Waals surface area contributed by atoms with Gasteiger partial charge in [0, 0.05) is 15.1 Å². The van der Waals surface area contributed by atoms with Crippen LogP contribution in [0.15, 0.2) is 42.4 Å². The standard InChI is InChI=1S/C12H11Br3N2O/c1-2-16-11(12-8(14)3-4-18-12)10-9(15)5-7(13)6-17-10/h3-6,11,16H,2H2,1H3. The molecule has 0 aliphatic heterocycles. The zero-order valence-corrected chi connectivity index (χ0v) is 14.3. The van der Waals surface area contributed by atoms with E-state index in [1.165, 1.54) is 0 Å². The summed E-state index contributed by atoms with van der Waals surface area (Å²) >= 11 is 10.4. The van der Waals surface area contributed by atoms with Gasteiger partial charge in [-0.25, -0.2) is 0 Å². The predicted molar refractivity (Wildman–Crippen MR) is 81.6 cm³/mol. The SMILES string of the molecule is CCNC(c1ncc(Br)cc1Br)c1occc1Br. The number of nitrogens with zero attached hydrogens (tertiary/aromatic N) is 1. The second kappa shape index (κ2) is 6.32. The number of furan rings is 1. The maximum Gasteiger partial charge on any atom is 0.141 e. The van der Waals surface area contributed by atoms with Crippen molar-refractivity contribution in [3.8, 4) is 0 Å². The van der Waals surface area contributed by atoms with Crippen molar-refractivity contribution in [1.82, 2.24) is 10.3 Å². The second-order valence-corrected chi connectivity index (χ2v) is 6.27. The van der Waals surface area contributed by atoms with Gasteiger partial charge in [0.25, 0.3) is 0 Å². The summed E-state index contributed by atoms with van der Waals surface area (Å²) in [5.74, 6) is 0.826. The first-order chi connectivity index (χ1) is 8.63. The van der Waals surface area contributed by atoms with Crippen LogP contribution < -0.4 is 5.32 Å². The van der Waals surface area contributed by atoms with Crippen molar-refractivity contribution >= 4 is 47.8 Å². The topological polar surface area (TPSA) is 38.1 Å². The van der Waals surface area contributed by atoms with Crippen LogP contribution in [-0.4, -0.2) is 11.5 Å². The molecule has 1 unspecified atom stereocenters. The van der Waals surface area contributed by atoms with E-state index in [1.807, 2.05) is 12.1 Å². The molecule has 6 heteroatoms. The first-order valence-corrected chi connectivity index (χ1v) is 7.78. The summed E-state index contributed by atoms with van der Waals surface area (Å²) in [5.41, 5.74) is 0.899. The maximum atomic E-state index is 5.54. The Kier molecular flexibility index (Phi) is 5.00. The van der Waals surface area contributed by atoms with Crippen molar-refractivity contribution in [2.24, 2.45) is 0 Å². The summed E-state index contributed by atoms with van der Waals surface area (Å²) in [5, 5.41) is 3.37. The highest BCUT2D eigenvalue weighted by atomic mass is 79.9. The predicted octanol–water partition coefficient (Wildman–Crippen LogP) is 4.66. The first-order valence-electron chi connectivity index (χ1n) is 5.40. The molecule has 0 aliphatic rings. The third-order valence-corrected chi connectivity index (χ3v) is 4.15. The van der Waals surface area contributed by atoms with Gasteiger partial charge < -0.3 is 9.73 Å². The average Bonchev–Trinajstić information content (AvgIpc) is 2.73. The van der Waals surface area contributed by atoms with Crippen LogP contribution in [0.5, 0.6) is 0 Å². The quantitative estimate of drug-likeness (QED) is 0.754. The fourth-order valence-corrected chi connectivity index (χ4v) is 3.31. The minimum Gasteiger partial charge on any atom is -0.466 e. The van der Waals surface area contributed by atoms with Gasteiger partial charge in [-0.3, -0.25) is 4.98 Å². The van der Waals surface area contributed by atoms with Crippen molar-refractivity contribution in [3.05, 3.63) is 49.5 Å². The first kappa shape index (κ1) is 14.2. The molecule has 0 fully saturated rings. The van der Waals surface area contributed by atoms with E-state index < -0.39 is 0 Å². The summed E-state index contributed by atoms with van der Waals surface area (Å²) in [6, 6.07) is 3.78. The van der Waals surface area contributed by atoms with Crippen LogP contribution in [0, 0.1) is 0 Å². The highest BCUT2D eigenvalue weighted by molar-refractivity contribution is 9.11. The summed E-state index contributed by atoms with van der Waals surface area (Å²) in [7, 11) is 0. The van der Waals surface area contributed by atoms with E-state index in [2.05, 4.69) is 65.0 Å². The molecular formula is C12H11Br3N2O.